The number of piperidine rings is 1. The standard InChI is InChI=1S/C13H14F2N2O2/c14-9-5-8(7-18)6-10(15)12(9)17-4-2-1-3-11(17)13(16)19/h5-7,11H,1-4H2,(H2,16,19). The predicted octanol–water partition coefficient (Wildman–Crippen LogP) is 1.62. The second kappa shape index (κ2) is 5.34. The van der Waals surface area contributed by atoms with Gasteiger partial charge >= 0.3 is 0 Å². The summed E-state index contributed by atoms with van der Waals surface area (Å²) in [6.45, 7) is 0.363. The molecule has 1 aromatic carbocycles. The van der Waals surface area contributed by atoms with Crippen molar-refractivity contribution in [3.05, 3.63) is 29.3 Å². The van der Waals surface area contributed by atoms with Crippen molar-refractivity contribution in [1.29, 1.82) is 0 Å². The second-order valence-corrected chi connectivity index (χ2v) is 4.56. The number of halogens is 2. The Morgan fingerprint density at radius 2 is 1.95 bits per heavy atom. The van der Waals surface area contributed by atoms with E-state index in [1.54, 1.807) is 0 Å². The van der Waals surface area contributed by atoms with E-state index in [0.717, 1.165) is 25.0 Å². The summed E-state index contributed by atoms with van der Waals surface area (Å²) < 4.78 is 27.9. The fourth-order valence-corrected chi connectivity index (χ4v) is 2.42. The van der Waals surface area contributed by atoms with Crippen LogP contribution in [0.5, 0.6) is 0 Å². The molecule has 102 valence electrons. The Morgan fingerprint density at radius 1 is 1.32 bits per heavy atom. The first kappa shape index (κ1) is 13.5. The van der Waals surface area contributed by atoms with E-state index in [4.69, 9.17) is 5.73 Å². The largest absolute Gasteiger partial charge is 0.368 e. The van der Waals surface area contributed by atoms with Crippen LogP contribution in [0.2, 0.25) is 0 Å². The topological polar surface area (TPSA) is 63.4 Å². The zero-order chi connectivity index (χ0) is 14.0. The second-order valence-electron chi connectivity index (χ2n) is 4.56. The number of hydrogen-bond donors (Lipinski definition) is 1. The van der Waals surface area contributed by atoms with Crippen molar-refractivity contribution in [1.82, 2.24) is 0 Å². The molecule has 0 radical (unpaired) electrons. The molecule has 0 spiro atoms. The molecule has 1 unspecified atom stereocenters. The van der Waals surface area contributed by atoms with E-state index < -0.39 is 23.6 Å². The molecule has 1 amide bonds. The molecule has 0 aliphatic carbocycles. The zero-order valence-electron chi connectivity index (χ0n) is 10.2. The molecule has 0 aromatic heterocycles. The van der Waals surface area contributed by atoms with E-state index in [1.165, 1.54) is 4.90 Å². The van der Waals surface area contributed by atoms with Crippen LogP contribution in [0.15, 0.2) is 12.1 Å². The van der Waals surface area contributed by atoms with Gasteiger partial charge in [-0.15, -0.1) is 0 Å². The number of amides is 1. The third kappa shape index (κ3) is 2.57. The van der Waals surface area contributed by atoms with Gasteiger partial charge in [0.2, 0.25) is 5.91 Å². The highest BCUT2D eigenvalue weighted by molar-refractivity contribution is 5.84. The molecule has 1 heterocycles. The summed E-state index contributed by atoms with van der Waals surface area (Å²) in [5, 5.41) is 0. The maximum atomic E-state index is 13.9. The lowest BCUT2D eigenvalue weighted by atomic mass is 10.00. The fraction of sp³-hybridized carbons (Fsp3) is 0.385. The predicted molar refractivity (Wildman–Crippen MR) is 65.9 cm³/mol. The van der Waals surface area contributed by atoms with E-state index >= 15 is 0 Å². The highest BCUT2D eigenvalue weighted by Crippen LogP contribution is 2.30. The maximum Gasteiger partial charge on any atom is 0.240 e. The molecule has 2 rings (SSSR count). The summed E-state index contributed by atoms with van der Waals surface area (Å²) in [7, 11) is 0. The molecule has 1 aliphatic heterocycles. The third-order valence-electron chi connectivity index (χ3n) is 3.29. The summed E-state index contributed by atoms with van der Waals surface area (Å²) in [5.41, 5.74) is 4.91. The van der Waals surface area contributed by atoms with Gasteiger partial charge in [0.1, 0.15) is 29.6 Å². The van der Waals surface area contributed by atoms with Crippen molar-refractivity contribution >= 4 is 17.9 Å². The minimum absolute atomic E-state index is 0.0774. The Bertz CT molecular complexity index is 496. The smallest absolute Gasteiger partial charge is 0.240 e. The van der Waals surface area contributed by atoms with Gasteiger partial charge in [0, 0.05) is 12.1 Å². The average Bonchev–Trinajstić information content (AvgIpc) is 2.38. The number of carbonyl (C=O) groups is 2. The zero-order valence-corrected chi connectivity index (χ0v) is 10.2. The van der Waals surface area contributed by atoms with Crippen LogP contribution in [-0.4, -0.2) is 24.8 Å². The van der Waals surface area contributed by atoms with Crippen LogP contribution in [0.3, 0.4) is 0 Å². The number of primary amides is 1. The molecular formula is C13H14F2N2O2. The molecule has 1 fully saturated rings. The van der Waals surface area contributed by atoms with Crippen molar-refractivity contribution in [2.24, 2.45) is 5.73 Å². The molecule has 1 aliphatic rings. The van der Waals surface area contributed by atoms with Gasteiger partial charge in [-0.3, -0.25) is 9.59 Å². The average molecular weight is 268 g/mol. The molecule has 1 atom stereocenters. The van der Waals surface area contributed by atoms with E-state index in [9.17, 15) is 18.4 Å². The minimum atomic E-state index is -0.852. The molecule has 19 heavy (non-hydrogen) atoms. The summed E-state index contributed by atoms with van der Waals surface area (Å²) in [4.78, 5) is 23.3. The molecule has 2 N–H and O–H groups in total. The lowest BCUT2D eigenvalue weighted by Gasteiger charge is -2.35. The molecule has 1 aromatic rings. The molecule has 6 heteroatoms. The van der Waals surface area contributed by atoms with E-state index in [-0.39, 0.29) is 11.3 Å². The van der Waals surface area contributed by atoms with Gasteiger partial charge in [0.05, 0.1) is 0 Å². The van der Waals surface area contributed by atoms with Crippen LogP contribution in [-0.2, 0) is 4.79 Å². The Kier molecular flexibility index (Phi) is 3.78. The molecular weight excluding hydrogens is 254 g/mol. The number of carbonyl (C=O) groups excluding carboxylic acids is 2. The summed E-state index contributed by atoms with van der Waals surface area (Å²) >= 11 is 0. The van der Waals surface area contributed by atoms with Crippen LogP contribution in [0.4, 0.5) is 14.5 Å². The van der Waals surface area contributed by atoms with Crippen molar-refractivity contribution in [2.45, 2.75) is 25.3 Å². The summed E-state index contributed by atoms with van der Waals surface area (Å²) in [5.74, 6) is -2.30. The van der Waals surface area contributed by atoms with Gasteiger partial charge in [-0.05, 0) is 31.4 Å². The number of hydrogen-bond acceptors (Lipinski definition) is 3. The quantitative estimate of drug-likeness (QED) is 0.847. The van der Waals surface area contributed by atoms with E-state index in [2.05, 4.69) is 0 Å². The first-order valence-corrected chi connectivity index (χ1v) is 6.04. The number of anilines is 1. The van der Waals surface area contributed by atoms with Crippen molar-refractivity contribution in [3.8, 4) is 0 Å². The van der Waals surface area contributed by atoms with Gasteiger partial charge < -0.3 is 10.6 Å². The van der Waals surface area contributed by atoms with E-state index in [1.807, 2.05) is 0 Å². The van der Waals surface area contributed by atoms with Crippen molar-refractivity contribution < 1.29 is 18.4 Å². The van der Waals surface area contributed by atoms with Gasteiger partial charge in [-0.2, -0.15) is 0 Å². The summed E-state index contributed by atoms with van der Waals surface area (Å²) in [6.07, 6.45) is 2.37. The summed E-state index contributed by atoms with van der Waals surface area (Å²) in [6, 6.07) is 1.20. The van der Waals surface area contributed by atoms with Gasteiger partial charge in [0.25, 0.3) is 0 Å². The molecule has 0 bridgehead atoms. The highest BCUT2D eigenvalue weighted by Gasteiger charge is 2.30. The number of rotatable bonds is 3. The molecule has 0 saturated carbocycles. The monoisotopic (exact) mass is 268 g/mol. The molecule has 4 nitrogen and oxygen atoms in total. The van der Waals surface area contributed by atoms with Gasteiger partial charge in [0.15, 0.2) is 0 Å². The maximum absolute atomic E-state index is 13.9. The number of aldehydes is 1. The minimum Gasteiger partial charge on any atom is -0.368 e. The first-order chi connectivity index (χ1) is 9.04. The van der Waals surface area contributed by atoms with Crippen molar-refractivity contribution in [3.63, 3.8) is 0 Å². The number of nitrogens with two attached hydrogens (primary N) is 1. The van der Waals surface area contributed by atoms with Crippen LogP contribution < -0.4 is 10.6 Å². The fourth-order valence-electron chi connectivity index (χ4n) is 2.42. The first-order valence-electron chi connectivity index (χ1n) is 6.04. The Hall–Kier alpha value is -1.98. The van der Waals surface area contributed by atoms with E-state index in [0.29, 0.717) is 19.3 Å². The van der Waals surface area contributed by atoms with Crippen LogP contribution in [0.25, 0.3) is 0 Å². The van der Waals surface area contributed by atoms with Gasteiger partial charge in [-0.1, -0.05) is 0 Å². The lowest BCUT2D eigenvalue weighted by molar-refractivity contribution is -0.119. The van der Waals surface area contributed by atoms with Crippen LogP contribution in [0, 0.1) is 11.6 Å². The third-order valence-corrected chi connectivity index (χ3v) is 3.29. The van der Waals surface area contributed by atoms with Crippen molar-refractivity contribution in [2.75, 3.05) is 11.4 Å². The lowest BCUT2D eigenvalue weighted by Crippen LogP contribution is -2.48. The molecule has 1 saturated heterocycles. The number of nitrogens with zero attached hydrogens (tertiary/aromatic N) is 1. The Morgan fingerprint density at radius 3 is 2.47 bits per heavy atom. The highest BCUT2D eigenvalue weighted by atomic mass is 19.1. The van der Waals surface area contributed by atoms with Crippen LogP contribution >= 0.6 is 0 Å². The Labute approximate surface area is 109 Å². The van der Waals surface area contributed by atoms with Crippen LogP contribution in [0.1, 0.15) is 29.6 Å². The Balaban J connectivity index is 2.44. The normalized spacial score (nSPS) is 19.3. The SMILES string of the molecule is NC(=O)C1CCCCN1c1c(F)cc(C=O)cc1F. The van der Waals surface area contributed by atoms with Gasteiger partial charge in [-0.25, -0.2) is 8.78 Å². The number of benzene rings is 1.